The van der Waals surface area contributed by atoms with Crippen molar-refractivity contribution in [2.24, 2.45) is 0 Å². The molecule has 10 heteroatoms. The van der Waals surface area contributed by atoms with Gasteiger partial charge in [0.2, 0.25) is 11.8 Å². The van der Waals surface area contributed by atoms with Crippen molar-refractivity contribution in [2.75, 3.05) is 21.7 Å². The maximum Gasteiger partial charge on any atom is 0.330 e. The summed E-state index contributed by atoms with van der Waals surface area (Å²) < 4.78 is 1.35. The van der Waals surface area contributed by atoms with Gasteiger partial charge < -0.3 is 16.0 Å². The standard InChI is InChI=1S/C23H31N5O4S/c1-3-4-13-27-21(24)20(22(31)26-23(27)32)28(17-7-5-6-8-17)19(30)14-33-18-11-9-16(10-12-18)25-15(2)29/h9-12,17H,3-8,13-14,24H2,1-2H3,(H,25,29)(H,26,31,32). The number of H-pyrrole nitrogens is 1. The van der Waals surface area contributed by atoms with E-state index in [0.29, 0.717) is 12.2 Å². The first-order valence-corrected chi connectivity index (χ1v) is 12.3. The van der Waals surface area contributed by atoms with Crippen LogP contribution in [0.15, 0.2) is 38.8 Å². The van der Waals surface area contributed by atoms with Crippen LogP contribution in [-0.2, 0) is 16.1 Å². The summed E-state index contributed by atoms with van der Waals surface area (Å²) >= 11 is 1.35. The third kappa shape index (κ3) is 6.07. The number of carbonyl (C=O) groups excluding carboxylic acids is 2. The number of unbranched alkanes of at least 4 members (excludes halogenated alkanes) is 1. The van der Waals surface area contributed by atoms with Crippen molar-refractivity contribution >= 4 is 40.8 Å². The van der Waals surface area contributed by atoms with Crippen LogP contribution in [0.1, 0.15) is 52.4 Å². The highest BCUT2D eigenvalue weighted by atomic mass is 32.2. The average molecular weight is 474 g/mol. The number of anilines is 3. The van der Waals surface area contributed by atoms with Crippen molar-refractivity contribution in [2.45, 2.75) is 69.9 Å². The van der Waals surface area contributed by atoms with E-state index < -0.39 is 11.2 Å². The number of hydrogen-bond acceptors (Lipinski definition) is 6. The van der Waals surface area contributed by atoms with Gasteiger partial charge in [0.1, 0.15) is 5.82 Å². The molecule has 33 heavy (non-hydrogen) atoms. The summed E-state index contributed by atoms with van der Waals surface area (Å²) in [6.45, 7) is 3.83. The van der Waals surface area contributed by atoms with Gasteiger partial charge in [0.05, 0.1) is 5.75 Å². The average Bonchev–Trinajstić information content (AvgIpc) is 3.29. The molecule has 2 amide bonds. The van der Waals surface area contributed by atoms with Crippen molar-refractivity contribution in [1.82, 2.24) is 9.55 Å². The molecule has 1 aromatic heterocycles. The zero-order valence-electron chi connectivity index (χ0n) is 19.1. The second kappa shape index (κ2) is 11.2. The summed E-state index contributed by atoms with van der Waals surface area (Å²) in [5.74, 6) is -0.220. The van der Waals surface area contributed by atoms with E-state index in [0.717, 1.165) is 43.4 Å². The molecule has 3 rings (SSSR count). The Balaban J connectivity index is 1.86. The highest BCUT2D eigenvalue weighted by Gasteiger charge is 2.32. The zero-order chi connectivity index (χ0) is 24.0. The molecule has 0 bridgehead atoms. The first-order valence-electron chi connectivity index (χ1n) is 11.3. The van der Waals surface area contributed by atoms with Crippen LogP contribution in [-0.4, -0.2) is 33.2 Å². The van der Waals surface area contributed by atoms with Crippen molar-refractivity contribution in [3.05, 3.63) is 45.1 Å². The Morgan fingerprint density at radius 3 is 2.48 bits per heavy atom. The molecule has 1 aromatic carbocycles. The number of aromatic nitrogens is 2. The zero-order valence-corrected chi connectivity index (χ0v) is 19.9. The van der Waals surface area contributed by atoms with E-state index in [1.165, 1.54) is 28.2 Å². The van der Waals surface area contributed by atoms with E-state index in [4.69, 9.17) is 5.73 Å². The van der Waals surface area contributed by atoms with Gasteiger partial charge in [-0.25, -0.2) is 4.79 Å². The lowest BCUT2D eigenvalue weighted by atomic mass is 10.2. The molecule has 0 aliphatic heterocycles. The summed E-state index contributed by atoms with van der Waals surface area (Å²) in [7, 11) is 0. The van der Waals surface area contributed by atoms with Crippen molar-refractivity contribution in [1.29, 1.82) is 0 Å². The normalized spacial score (nSPS) is 13.8. The summed E-state index contributed by atoms with van der Waals surface area (Å²) in [4.78, 5) is 54.4. The number of nitrogen functional groups attached to an aromatic ring is 1. The Kier molecular flexibility index (Phi) is 8.37. The largest absolute Gasteiger partial charge is 0.383 e. The van der Waals surface area contributed by atoms with Crippen LogP contribution in [0.2, 0.25) is 0 Å². The molecule has 1 aliphatic carbocycles. The molecular formula is C23H31N5O4S. The molecule has 4 N–H and O–H groups in total. The van der Waals surface area contributed by atoms with Crippen molar-refractivity contribution in [3.63, 3.8) is 0 Å². The second-order valence-corrected chi connectivity index (χ2v) is 9.24. The van der Waals surface area contributed by atoms with Gasteiger partial charge in [-0.2, -0.15) is 0 Å². The maximum atomic E-state index is 13.4. The van der Waals surface area contributed by atoms with E-state index in [1.807, 2.05) is 19.1 Å². The smallest absolute Gasteiger partial charge is 0.330 e. The minimum atomic E-state index is -0.629. The molecular weight excluding hydrogens is 442 g/mol. The Labute approximate surface area is 196 Å². The summed E-state index contributed by atoms with van der Waals surface area (Å²) in [6, 6.07) is 7.08. The van der Waals surface area contributed by atoms with Crippen LogP contribution in [0.3, 0.4) is 0 Å². The molecule has 9 nitrogen and oxygen atoms in total. The molecule has 1 fully saturated rings. The highest BCUT2D eigenvalue weighted by molar-refractivity contribution is 8.00. The molecule has 0 saturated heterocycles. The monoisotopic (exact) mass is 473 g/mol. The van der Waals surface area contributed by atoms with Gasteiger partial charge in [-0.1, -0.05) is 26.2 Å². The number of amides is 2. The SMILES string of the molecule is CCCCn1c(N)c(N(C(=O)CSc2ccc(NC(C)=O)cc2)C2CCCC2)c(=O)[nH]c1=O. The van der Waals surface area contributed by atoms with Crippen LogP contribution in [0.5, 0.6) is 0 Å². The third-order valence-electron chi connectivity index (χ3n) is 5.69. The quantitative estimate of drug-likeness (QED) is 0.480. The Morgan fingerprint density at radius 1 is 1.21 bits per heavy atom. The summed E-state index contributed by atoms with van der Waals surface area (Å²) in [5.41, 5.74) is 5.87. The lowest BCUT2D eigenvalue weighted by Gasteiger charge is -2.30. The fourth-order valence-electron chi connectivity index (χ4n) is 4.07. The Hall–Kier alpha value is -3.01. The van der Waals surface area contributed by atoms with E-state index >= 15 is 0 Å². The molecule has 1 heterocycles. The van der Waals surface area contributed by atoms with Crippen LogP contribution in [0, 0.1) is 0 Å². The van der Waals surface area contributed by atoms with Gasteiger partial charge in [-0.3, -0.25) is 23.9 Å². The molecule has 178 valence electrons. The van der Waals surface area contributed by atoms with E-state index in [9.17, 15) is 19.2 Å². The number of aromatic amines is 1. The summed E-state index contributed by atoms with van der Waals surface area (Å²) in [6.07, 6.45) is 5.11. The molecule has 0 unspecified atom stereocenters. The number of hydrogen-bond donors (Lipinski definition) is 3. The number of nitrogens with zero attached hydrogens (tertiary/aromatic N) is 2. The minimum absolute atomic E-state index is 0.0436. The molecule has 0 radical (unpaired) electrons. The topological polar surface area (TPSA) is 130 Å². The van der Waals surface area contributed by atoms with Gasteiger partial charge >= 0.3 is 5.69 Å². The fourth-order valence-corrected chi connectivity index (χ4v) is 4.83. The number of carbonyl (C=O) groups is 2. The van der Waals surface area contributed by atoms with Crippen LogP contribution >= 0.6 is 11.8 Å². The van der Waals surface area contributed by atoms with E-state index in [-0.39, 0.29) is 35.1 Å². The van der Waals surface area contributed by atoms with Crippen LogP contribution < -0.4 is 27.2 Å². The fraction of sp³-hybridized carbons (Fsp3) is 0.478. The Morgan fingerprint density at radius 2 is 1.88 bits per heavy atom. The molecule has 1 aliphatic rings. The highest BCUT2D eigenvalue weighted by Crippen LogP contribution is 2.31. The number of benzene rings is 1. The predicted octanol–water partition coefficient (Wildman–Crippen LogP) is 2.95. The molecule has 0 spiro atoms. The van der Waals surface area contributed by atoms with E-state index in [1.54, 1.807) is 12.1 Å². The van der Waals surface area contributed by atoms with Crippen LogP contribution in [0.4, 0.5) is 17.2 Å². The van der Waals surface area contributed by atoms with Crippen molar-refractivity contribution in [3.8, 4) is 0 Å². The number of rotatable bonds is 9. The predicted molar refractivity (Wildman–Crippen MR) is 132 cm³/mol. The van der Waals surface area contributed by atoms with Gasteiger partial charge in [0.25, 0.3) is 5.56 Å². The van der Waals surface area contributed by atoms with Gasteiger partial charge in [-0.15, -0.1) is 11.8 Å². The van der Waals surface area contributed by atoms with Gasteiger partial charge in [0, 0.05) is 30.1 Å². The molecule has 0 atom stereocenters. The first kappa shape index (κ1) is 24.6. The van der Waals surface area contributed by atoms with Crippen molar-refractivity contribution < 1.29 is 9.59 Å². The lowest BCUT2D eigenvalue weighted by molar-refractivity contribution is -0.116. The first-order chi connectivity index (χ1) is 15.8. The van der Waals surface area contributed by atoms with Gasteiger partial charge in [-0.05, 0) is 43.5 Å². The molecule has 2 aromatic rings. The number of nitrogens with two attached hydrogens (primary N) is 1. The second-order valence-electron chi connectivity index (χ2n) is 8.19. The molecule has 1 saturated carbocycles. The third-order valence-corrected chi connectivity index (χ3v) is 6.68. The maximum absolute atomic E-state index is 13.4. The lowest BCUT2D eigenvalue weighted by Crippen LogP contribution is -2.46. The Bertz CT molecular complexity index is 1100. The van der Waals surface area contributed by atoms with Crippen LogP contribution in [0.25, 0.3) is 0 Å². The number of nitrogens with one attached hydrogen (secondary N) is 2. The summed E-state index contributed by atoms with van der Waals surface area (Å²) in [5, 5.41) is 2.71. The van der Waals surface area contributed by atoms with E-state index in [2.05, 4.69) is 10.3 Å². The van der Waals surface area contributed by atoms with Gasteiger partial charge in [0.15, 0.2) is 5.69 Å². The number of thioether (sulfide) groups is 1. The minimum Gasteiger partial charge on any atom is -0.383 e.